The van der Waals surface area contributed by atoms with Gasteiger partial charge in [0.25, 0.3) is 0 Å². The molecule has 0 fully saturated rings. The zero-order valence-electron chi connectivity index (χ0n) is 24.5. The van der Waals surface area contributed by atoms with Crippen LogP contribution in [-0.4, -0.2) is 66.6 Å². The Kier molecular flexibility index (Phi) is 11.5. The number of rotatable bonds is 8. The molecule has 4 aromatic rings. The van der Waals surface area contributed by atoms with Gasteiger partial charge in [0.15, 0.2) is 52.5 Å². The zero-order chi connectivity index (χ0) is 34.3. The van der Waals surface area contributed by atoms with Gasteiger partial charge in [0.1, 0.15) is 11.6 Å². The molecule has 13 nitrogen and oxygen atoms in total. The highest BCUT2D eigenvalue weighted by Crippen LogP contribution is 2.35. The first-order valence-corrected chi connectivity index (χ1v) is 13.3. The third-order valence-corrected chi connectivity index (χ3v) is 6.61. The lowest BCUT2D eigenvalue weighted by Crippen LogP contribution is -2.14. The molecule has 0 unspecified atom stereocenters. The van der Waals surface area contributed by atoms with E-state index in [1.54, 1.807) is 0 Å². The van der Waals surface area contributed by atoms with Gasteiger partial charge in [0, 0.05) is 5.56 Å². The van der Waals surface area contributed by atoms with Crippen molar-refractivity contribution >= 4 is 59.1 Å². The van der Waals surface area contributed by atoms with E-state index in [1.165, 1.54) is 51.7 Å². The lowest BCUT2D eigenvalue weighted by molar-refractivity contribution is 0.0584. The third-order valence-electron chi connectivity index (χ3n) is 6.02. The number of esters is 2. The molecule has 0 bridgehead atoms. The van der Waals surface area contributed by atoms with Crippen molar-refractivity contribution in [2.24, 2.45) is 0 Å². The van der Waals surface area contributed by atoms with Crippen molar-refractivity contribution in [2.75, 3.05) is 39.9 Å². The summed E-state index contributed by atoms with van der Waals surface area (Å²) < 4.78 is 47.9. The van der Waals surface area contributed by atoms with Crippen molar-refractivity contribution in [3.05, 3.63) is 75.0 Å². The molecule has 4 N–H and O–H groups in total. The average molecular weight is 677 g/mol. The standard InChI is InChI=1S/C15H13ClFN3O3.C14H11ClFN3O4/c1-4-7-11(15(21)23-3)19-14(20-13(7)18)8-5-6-9(16)12(22-2)10(8)17;1-22-11-8(15)4-3-6(9(11)16)13-18-10(14(21)23-2)7(5-20)12(17)19-13/h4-6H,1H2,2-3H3,(H2,18,19,20);3-5H,1-2H3,(H2,17,18,19). The van der Waals surface area contributed by atoms with Gasteiger partial charge in [-0.3, -0.25) is 4.79 Å². The SMILES string of the molecule is C=Cc1c(N)nc(-c2ccc(Cl)c(OC)c2F)nc1C(=O)OC.COC(=O)c1nc(-c2ccc(Cl)c(OC)c2F)nc(N)c1C=O. The highest BCUT2D eigenvalue weighted by Gasteiger charge is 2.24. The summed E-state index contributed by atoms with van der Waals surface area (Å²) in [5.41, 5.74) is 10.8. The number of ether oxygens (including phenoxy) is 4. The van der Waals surface area contributed by atoms with Crippen molar-refractivity contribution in [1.29, 1.82) is 0 Å². The minimum absolute atomic E-state index is 0.0151. The first-order chi connectivity index (χ1) is 21.9. The van der Waals surface area contributed by atoms with Crippen LogP contribution in [0.1, 0.15) is 36.9 Å². The van der Waals surface area contributed by atoms with Crippen LogP contribution in [0.5, 0.6) is 11.5 Å². The Morgan fingerprint density at radius 3 is 1.48 bits per heavy atom. The van der Waals surface area contributed by atoms with Crippen molar-refractivity contribution in [3.8, 4) is 34.3 Å². The smallest absolute Gasteiger partial charge is 0.357 e. The molecule has 0 saturated heterocycles. The number of hydrogen-bond acceptors (Lipinski definition) is 13. The quantitative estimate of drug-likeness (QED) is 0.185. The topological polar surface area (TPSA) is 192 Å². The summed E-state index contributed by atoms with van der Waals surface area (Å²) in [5, 5.41) is 0.150. The first kappa shape index (κ1) is 35.1. The van der Waals surface area contributed by atoms with Gasteiger partial charge in [-0.25, -0.2) is 38.3 Å². The largest absolute Gasteiger partial charge is 0.492 e. The highest BCUT2D eigenvalue weighted by atomic mass is 35.5. The summed E-state index contributed by atoms with van der Waals surface area (Å²) in [7, 11) is 4.84. The molecule has 0 radical (unpaired) electrons. The number of halogens is 4. The molecule has 2 aromatic carbocycles. The van der Waals surface area contributed by atoms with Crippen molar-refractivity contribution in [2.45, 2.75) is 0 Å². The van der Waals surface area contributed by atoms with Crippen molar-refractivity contribution in [3.63, 3.8) is 0 Å². The summed E-state index contributed by atoms with van der Waals surface area (Å²) in [4.78, 5) is 50.4. The minimum atomic E-state index is -0.899. The fraction of sp³-hybridized carbons (Fsp3) is 0.138. The van der Waals surface area contributed by atoms with Crippen LogP contribution in [-0.2, 0) is 9.47 Å². The van der Waals surface area contributed by atoms with Gasteiger partial charge in [0.2, 0.25) is 0 Å². The second-order valence-electron chi connectivity index (χ2n) is 8.58. The molecule has 240 valence electrons. The second-order valence-corrected chi connectivity index (χ2v) is 9.39. The second kappa shape index (κ2) is 15.0. The van der Waals surface area contributed by atoms with Gasteiger partial charge in [-0.15, -0.1) is 0 Å². The van der Waals surface area contributed by atoms with E-state index in [1.807, 2.05) is 0 Å². The molecular formula is C29H24Cl2F2N6O7. The van der Waals surface area contributed by atoms with E-state index in [0.29, 0.717) is 6.29 Å². The molecule has 2 aromatic heterocycles. The van der Waals surface area contributed by atoms with Crippen LogP contribution in [0.15, 0.2) is 30.8 Å². The van der Waals surface area contributed by atoms with Crippen LogP contribution in [0.3, 0.4) is 0 Å². The summed E-state index contributed by atoms with van der Waals surface area (Å²) in [6, 6.07) is 5.47. The van der Waals surface area contributed by atoms with E-state index in [-0.39, 0.29) is 78.5 Å². The molecule has 46 heavy (non-hydrogen) atoms. The monoisotopic (exact) mass is 676 g/mol. The number of hydrogen-bond donors (Lipinski definition) is 2. The minimum Gasteiger partial charge on any atom is -0.492 e. The van der Waals surface area contributed by atoms with E-state index >= 15 is 0 Å². The van der Waals surface area contributed by atoms with Crippen LogP contribution in [0, 0.1) is 11.6 Å². The number of aromatic nitrogens is 4. The lowest BCUT2D eigenvalue weighted by Gasteiger charge is -2.11. The molecule has 0 spiro atoms. The average Bonchev–Trinajstić information content (AvgIpc) is 3.04. The van der Waals surface area contributed by atoms with Crippen molar-refractivity contribution < 1.29 is 42.1 Å². The van der Waals surface area contributed by atoms with Gasteiger partial charge in [0.05, 0.1) is 55.2 Å². The number of carbonyl (C=O) groups excluding carboxylic acids is 3. The van der Waals surface area contributed by atoms with Gasteiger partial charge < -0.3 is 30.4 Å². The van der Waals surface area contributed by atoms with Gasteiger partial charge in [-0.1, -0.05) is 35.9 Å². The normalized spacial score (nSPS) is 10.3. The molecule has 0 aliphatic rings. The number of aldehydes is 1. The van der Waals surface area contributed by atoms with Crippen LogP contribution in [0.2, 0.25) is 10.0 Å². The Morgan fingerprint density at radius 1 is 0.739 bits per heavy atom. The first-order valence-electron chi connectivity index (χ1n) is 12.5. The van der Waals surface area contributed by atoms with Gasteiger partial charge >= 0.3 is 11.9 Å². The molecule has 0 aliphatic heterocycles. The Bertz CT molecular complexity index is 1730. The van der Waals surface area contributed by atoms with Crippen LogP contribution in [0.25, 0.3) is 28.9 Å². The predicted octanol–water partition coefficient (Wildman–Crippen LogP) is 5.08. The summed E-state index contributed by atoms with van der Waals surface area (Å²) >= 11 is 11.7. The van der Waals surface area contributed by atoms with Crippen molar-refractivity contribution in [1.82, 2.24) is 19.9 Å². The molecule has 0 saturated carbocycles. The number of methoxy groups -OCH3 is 4. The molecule has 0 amide bonds. The maximum atomic E-state index is 14.5. The number of carbonyl (C=O) groups is 3. The molecule has 17 heteroatoms. The summed E-state index contributed by atoms with van der Waals surface area (Å²) in [5.74, 6) is -4.19. The Morgan fingerprint density at radius 2 is 1.13 bits per heavy atom. The summed E-state index contributed by atoms with van der Waals surface area (Å²) in [6.07, 6.45) is 1.65. The van der Waals surface area contributed by atoms with Gasteiger partial charge in [-0.05, 0) is 24.3 Å². The Balaban J connectivity index is 0.000000250. The number of nitrogens with two attached hydrogens (primary N) is 2. The predicted molar refractivity (Wildman–Crippen MR) is 165 cm³/mol. The van der Waals surface area contributed by atoms with E-state index in [0.717, 1.165) is 7.11 Å². The van der Waals surface area contributed by atoms with E-state index < -0.39 is 23.6 Å². The highest BCUT2D eigenvalue weighted by molar-refractivity contribution is 6.32. The van der Waals surface area contributed by atoms with Crippen LogP contribution in [0.4, 0.5) is 20.4 Å². The molecule has 2 heterocycles. The Labute approximate surface area is 270 Å². The number of nitrogens with zero attached hydrogens (tertiary/aromatic N) is 4. The van der Waals surface area contributed by atoms with Crippen LogP contribution < -0.4 is 20.9 Å². The fourth-order valence-electron chi connectivity index (χ4n) is 3.82. The Hall–Kier alpha value is -5.41. The van der Waals surface area contributed by atoms with E-state index in [4.69, 9.17) is 44.1 Å². The maximum absolute atomic E-state index is 14.5. The lowest BCUT2D eigenvalue weighted by atomic mass is 10.1. The van der Waals surface area contributed by atoms with E-state index in [9.17, 15) is 23.2 Å². The molecule has 0 aliphatic carbocycles. The number of benzene rings is 2. The number of nitrogen functional groups attached to an aromatic ring is 2. The number of anilines is 2. The van der Waals surface area contributed by atoms with Gasteiger partial charge in [-0.2, -0.15) is 0 Å². The zero-order valence-corrected chi connectivity index (χ0v) is 26.0. The maximum Gasteiger partial charge on any atom is 0.357 e. The summed E-state index contributed by atoms with van der Waals surface area (Å²) in [6.45, 7) is 3.55. The van der Waals surface area contributed by atoms with E-state index in [2.05, 4.69) is 36.0 Å². The molecular weight excluding hydrogens is 653 g/mol. The third kappa shape index (κ3) is 6.95. The fourth-order valence-corrected chi connectivity index (χ4v) is 4.27. The molecule has 4 rings (SSSR count). The van der Waals surface area contributed by atoms with Crippen LogP contribution >= 0.6 is 23.2 Å². The molecule has 0 atom stereocenters.